The number of hydrazone groups is 1. The summed E-state index contributed by atoms with van der Waals surface area (Å²) in [5.41, 5.74) is 9.21. The second-order valence-corrected chi connectivity index (χ2v) is 4.54. The lowest BCUT2D eigenvalue weighted by atomic mass is 10.2. The van der Waals surface area contributed by atoms with Gasteiger partial charge in [0, 0.05) is 5.69 Å². The number of amides is 3. The highest BCUT2D eigenvalue weighted by Gasteiger charge is 2.03. The van der Waals surface area contributed by atoms with Crippen molar-refractivity contribution in [1.29, 1.82) is 0 Å². The third kappa shape index (κ3) is 5.88. The number of nitrogens with two attached hydrogens (primary N) is 1. The summed E-state index contributed by atoms with van der Waals surface area (Å²) in [6.45, 7) is 0.205. The molecular formula is C16H16N4O3. The van der Waals surface area contributed by atoms with Crippen molar-refractivity contribution in [2.75, 3.05) is 5.32 Å². The molecule has 0 atom stereocenters. The van der Waals surface area contributed by atoms with Crippen molar-refractivity contribution in [2.45, 2.75) is 6.61 Å². The molecule has 0 aliphatic rings. The average Bonchev–Trinajstić information content (AvgIpc) is 2.55. The fourth-order valence-electron chi connectivity index (χ4n) is 1.70. The SMILES string of the molecule is NC(=O)NN=Cc1ccc(NC(=O)OCc2ccccc2)cc1. The summed E-state index contributed by atoms with van der Waals surface area (Å²) in [6, 6.07) is 15.5. The van der Waals surface area contributed by atoms with Crippen LogP contribution in [0.1, 0.15) is 11.1 Å². The van der Waals surface area contributed by atoms with E-state index in [1.165, 1.54) is 6.21 Å². The number of primary amides is 1. The second kappa shape index (κ2) is 8.18. The van der Waals surface area contributed by atoms with E-state index in [1.807, 2.05) is 30.3 Å². The van der Waals surface area contributed by atoms with Crippen LogP contribution < -0.4 is 16.5 Å². The first-order valence-electron chi connectivity index (χ1n) is 6.80. The van der Waals surface area contributed by atoms with Crippen molar-refractivity contribution < 1.29 is 14.3 Å². The molecule has 0 spiro atoms. The normalized spacial score (nSPS) is 10.3. The zero-order valence-corrected chi connectivity index (χ0v) is 12.2. The minimum atomic E-state index is -0.735. The highest BCUT2D eigenvalue weighted by molar-refractivity contribution is 5.86. The van der Waals surface area contributed by atoms with E-state index in [1.54, 1.807) is 24.3 Å². The molecule has 0 saturated carbocycles. The number of ether oxygens (including phenoxy) is 1. The number of carbonyl (C=O) groups excluding carboxylic acids is 2. The monoisotopic (exact) mass is 312 g/mol. The fraction of sp³-hybridized carbons (Fsp3) is 0.0625. The zero-order valence-electron chi connectivity index (χ0n) is 12.2. The molecule has 0 aromatic heterocycles. The van der Waals surface area contributed by atoms with Crippen LogP contribution in [0.2, 0.25) is 0 Å². The van der Waals surface area contributed by atoms with Crippen molar-refractivity contribution in [3.05, 3.63) is 65.7 Å². The van der Waals surface area contributed by atoms with Crippen LogP contribution in [0.25, 0.3) is 0 Å². The van der Waals surface area contributed by atoms with Gasteiger partial charge in [-0.25, -0.2) is 15.0 Å². The van der Waals surface area contributed by atoms with Gasteiger partial charge in [-0.15, -0.1) is 0 Å². The lowest BCUT2D eigenvalue weighted by Gasteiger charge is -2.07. The van der Waals surface area contributed by atoms with Crippen molar-refractivity contribution in [3.63, 3.8) is 0 Å². The molecule has 2 aromatic carbocycles. The van der Waals surface area contributed by atoms with Gasteiger partial charge < -0.3 is 10.5 Å². The molecule has 4 N–H and O–H groups in total. The maximum atomic E-state index is 11.7. The Labute approximate surface area is 133 Å². The summed E-state index contributed by atoms with van der Waals surface area (Å²) >= 11 is 0. The van der Waals surface area contributed by atoms with Gasteiger partial charge in [-0.2, -0.15) is 5.10 Å². The van der Waals surface area contributed by atoms with Gasteiger partial charge in [0.2, 0.25) is 0 Å². The van der Waals surface area contributed by atoms with Gasteiger partial charge in [0.05, 0.1) is 6.21 Å². The Morgan fingerprint density at radius 1 is 1.09 bits per heavy atom. The Morgan fingerprint density at radius 3 is 2.43 bits per heavy atom. The average molecular weight is 312 g/mol. The number of nitrogens with one attached hydrogen (secondary N) is 2. The standard InChI is InChI=1S/C16H16N4O3/c17-15(21)20-18-10-12-6-8-14(9-7-12)19-16(22)23-11-13-4-2-1-3-5-13/h1-10H,11H2,(H,19,22)(H3,17,20,21). The molecule has 0 radical (unpaired) electrons. The van der Waals surface area contributed by atoms with Crippen LogP contribution in [-0.2, 0) is 11.3 Å². The molecule has 118 valence electrons. The maximum Gasteiger partial charge on any atom is 0.411 e. The quantitative estimate of drug-likeness (QED) is 0.583. The molecule has 0 fully saturated rings. The molecule has 0 saturated heterocycles. The highest BCUT2D eigenvalue weighted by Crippen LogP contribution is 2.09. The number of hydrogen-bond acceptors (Lipinski definition) is 4. The van der Waals surface area contributed by atoms with Crippen molar-refractivity contribution in [1.82, 2.24) is 5.43 Å². The van der Waals surface area contributed by atoms with E-state index < -0.39 is 12.1 Å². The van der Waals surface area contributed by atoms with Gasteiger partial charge in [-0.3, -0.25) is 5.32 Å². The van der Waals surface area contributed by atoms with E-state index in [0.29, 0.717) is 5.69 Å². The van der Waals surface area contributed by atoms with Crippen LogP contribution in [0.5, 0.6) is 0 Å². The van der Waals surface area contributed by atoms with Crippen LogP contribution in [-0.4, -0.2) is 18.3 Å². The molecule has 0 aliphatic carbocycles. The van der Waals surface area contributed by atoms with Crippen LogP contribution in [0.15, 0.2) is 59.7 Å². The van der Waals surface area contributed by atoms with Gasteiger partial charge in [0.1, 0.15) is 6.61 Å². The summed E-state index contributed by atoms with van der Waals surface area (Å²) in [5, 5.41) is 6.25. The van der Waals surface area contributed by atoms with E-state index in [2.05, 4.69) is 15.8 Å². The van der Waals surface area contributed by atoms with Crippen molar-refractivity contribution in [2.24, 2.45) is 10.8 Å². The summed E-state index contributed by atoms with van der Waals surface area (Å²) < 4.78 is 5.12. The number of hydrogen-bond donors (Lipinski definition) is 3. The molecule has 0 heterocycles. The van der Waals surface area contributed by atoms with Crippen LogP contribution in [0.3, 0.4) is 0 Å². The summed E-state index contributed by atoms with van der Waals surface area (Å²) in [6.07, 6.45) is 0.896. The Balaban J connectivity index is 1.82. The first-order valence-corrected chi connectivity index (χ1v) is 6.80. The first kappa shape index (κ1) is 16.0. The molecule has 3 amide bonds. The topological polar surface area (TPSA) is 106 Å². The molecule has 7 heteroatoms. The summed E-state index contributed by atoms with van der Waals surface area (Å²) in [4.78, 5) is 22.2. The second-order valence-electron chi connectivity index (χ2n) is 4.54. The number of anilines is 1. The third-order valence-corrected chi connectivity index (χ3v) is 2.76. The van der Waals surface area contributed by atoms with Crippen molar-refractivity contribution in [3.8, 4) is 0 Å². The Bertz CT molecular complexity index is 684. The van der Waals surface area contributed by atoms with E-state index in [0.717, 1.165) is 11.1 Å². The smallest absolute Gasteiger partial charge is 0.411 e. The number of benzene rings is 2. The molecule has 23 heavy (non-hydrogen) atoms. The third-order valence-electron chi connectivity index (χ3n) is 2.76. The lowest BCUT2D eigenvalue weighted by Crippen LogP contribution is -2.24. The molecule has 0 aliphatic heterocycles. The van der Waals surface area contributed by atoms with E-state index in [9.17, 15) is 9.59 Å². The molecular weight excluding hydrogens is 296 g/mol. The predicted octanol–water partition coefficient (Wildman–Crippen LogP) is 2.44. The first-order chi connectivity index (χ1) is 11.1. The van der Waals surface area contributed by atoms with Crippen molar-refractivity contribution >= 4 is 24.0 Å². The Morgan fingerprint density at radius 2 is 1.78 bits per heavy atom. The van der Waals surface area contributed by atoms with E-state index >= 15 is 0 Å². The number of rotatable bonds is 5. The van der Waals surface area contributed by atoms with Crippen LogP contribution >= 0.6 is 0 Å². The minimum absolute atomic E-state index is 0.205. The number of urea groups is 1. The van der Waals surface area contributed by atoms with Gasteiger partial charge in [-0.05, 0) is 23.3 Å². The molecule has 0 unspecified atom stereocenters. The molecule has 0 bridgehead atoms. The molecule has 2 rings (SSSR count). The van der Waals surface area contributed by atoms with Crippen LogP contribution in [0, 0.1) is 0 Å². The molecule has 7 nitrogen and oxygen atoms in total. The number of carbonyl (C=O) groups is 2. The largest absolute Gasteiger partial charge is 0.444 e. The lowest BCUT2D eigenvalue weighted by molar-refractivity contribution is 0.155. The minimum Gasteiger partial charge on any atom is -0.444 e. The summed E-state index contributed by atoms with van der Waals surface area (Å²) in [7, 11) is 0. The zero-order chi connectivity index (χ0) is 16.5. The maximum absolute atomic E-state index is 11.7. The Hall–Kier alpha value is -3.35. The van der Waals surface area contributed by atoms with Gasteiger partial charge in [0.25, 0.3) is 0 Å². The predicted molar refractivity (Wildman–Crippen MR) is 87.0 cm³/mol. The Kier molecular flexibility index (Phi) is 5.70. The highest BCUT2D eigenvalue weighted by atomic mass is 16.5. The van der Waals surface area contributed by atoms with E-state index in [4.69, 9.17) is 10.5 Å². The van der Waals surface area contributed by atoms with Gasteiger partial charge in [-0.1, -0.05) is 42.5 Å². The summed E-state index contributed by atoms with van der Waals surface area (Å²) in [5.74, 6) is 0. The number of nitrogens with zero attached hydrogens (tertiary/aromatic N) is 1. The van der Waals surface area contributed by atoms with E-state index in [-0.39, 0.29) is 6.61 Å². The van der Waals surface area contributed by atoms with Gasteiger partial charge >= 0.3 is 12.1 Å². The molecule has 2 aromatic rings. The van der Waals surface area contributed by atoms with Gasteiger partial charge in [0.15, 0.2) is 0 Å². The fourth-order valence-corrected chi connectivity index (χ4v) is 1.70. The van der Waals surface area contributed by atoms with Crippen LogP contribution in [0.4, 0.5) is 15.3 Å².